The first-order valence-corrected chi connectivity index (χ1v) is 7.16. The van der Waals surface area contributed by atoms with Gasteiger partial charge in [-0.15, -0.1) is 0 Å². The summed E-state index contributed by atoms with van der Waals surface area (Å²) >= 11 is 7.34. The summed E-state index contributed by atoms with van der Waals surface area (Å²) in [5.74, 6) is 1.20. The van der Waals surface area contributed by atoms with Crippen molar-refractivity contribution in [2.45, 2.75) is 10.1 Å². The van der Waals surface area contributed by atoms with E-state index in [0.29, 0.717) is 11.1 Å². The van der Waals surface area contributed by atoms with Crippen molar-refractivity contribution in [3.63, 3.8) is 0 Å². The predicted molar refractivity (Wildman–Crippen MR) is 79.1 cm³/mol. The number of imidazole rings is 1. The van der Waals surface area contributed by atoms with Crippen LogP contribution in [0.2, 0.25) is 5.28 Å². The number of benzene rings is 1. The molecule has 0 bridgehead atoms. The lowest BCUT2D eigenvalue weighted by Crippen LogP contribution is -2.02. The maximum atomic E-state index is 5.96. The molecular formula is C13H10ClN5OS. The van der Waals surface area contributed by atoms with Crippen LogP contribution in [0.25, 0.3) is 5.95 Å². The van der Waals surface area contributed by atoms with Crippen molar-refractivity contribution in [2.75, 3.05) is 7.11 Å². The highest BCUT2D eigenvalue weighted by Crippen LogP contribution is 2.28. The lowest BCUT2D eigenvalue weighted by molar-refractivity contribution is 0.413. The second kappa shape index (κ2) is 6.11. The van der Waals surface area contributed by atoms with Gasteiger partial charge in [0.2, 0.25) is 11.2 Å². The van der Waals surface area contributed by atoms with Gasteiger partial charge in [-0.2, -0.15) is 15.0 Å². The van der Waals surface area contributed by atoms with Crippen LogP contribution in [0.4, 0.5) is 0 Å². The maximum Gasteiger partial charge on any atom is 0.240 e. The molecule has 0 unspecified atom stereocenters. The van der Waals surface area contributed by atoms with Crippen molar-refractivity contribution in [3.8, 4) is 11.7 Å². The summed E-state index contributed by atoms with van der Waals surface area (Å²) in [4.78, 5) is 17.5. The van der Waals surface area contributed by atoms with Crippen LogP contribution < -0.4 is 4.74 Å². The molecule has 106 valence electrons. The Morgan fingerprint density at radius 1 is 1.24 bits per heavy atom. The van der Waals surface area contributed by atoms with Crippen molar-refractivity contribution in [2.24, 2.45) is 0 Å². The Morgan fingerprint density at radius 3 is 2.90 bits per heavy atom. The molecular weight excluding hydrogens is 310 g/mol. The number of aromatic nitrogens is 5. The molecule has 0 aliphatic heterocycles. The topological polar surface area (TPSA) is 65.7 Å². The average molecular weight is 320 g/mol. The molecule has 3 rings (SSSR count). The number of ether oxygens (including phenoxy) is 1. The van der Waals surface area contributed by atoms with E-state index in [4.69, 9.17) is 16.3 Å². The van der Waals surface area contributed by atoms with Gasteiger partial charge >= 0.3 is 0 Å². The Kier molecular flexibility index (Phi) is 4.03. The van der Waals surface area contributed by atoms with Gasteiger partial charge in [-0.05, 0) is 41.6 Å². The summed E-state index contributed by atoms with van der Waals surface area (Å²) in [5, 5.41) is 0.644. The maximum absolute atomic E-state index is 5.96. The minimum atomic E-state index is 0.138. The zero-order valence-corrected chi connectivity index (χ0v) is 12.5. The van der Waals surface area contributed by atoms with E-state index in [2.05, 4.69) is 19.9 Å². The fourth-order valence-corrected chi connectivity index (χ4v) is 2.63. The minimum absolute atomic E-state index is 0.138. The van der Waals surface area contributed by atoms with Gasteiger partial charge in [-0.25, -0.2) is 4.98 Å². The first-order valence-electron chi connectivity index (χ1n) is 5.96. The fourth-order valence-electron chi connectivity index (χ4n) is 1.63. The van der Waals surface area contributed by atoms with Gasteiger partial charge in [0.15, 0.2) is 5.16 Å². The fraction of sp³-hybridized carbons (Fsp3) is 0.0769. The molecule has 0 spiro atoms. The number of hydrogen-bond acceptors (Lipinski definition) is 6. The molecule has 0 saturated carbocycles. The lowest BCUT2D eigenvalue weighted by atomic mass is 10.3. The second-order valence-electron chi connectivity index (χ2n) is 3.94. The van der Waals surface area contributed by atoms with Crippen LogP contribution in [0.1, 0.15) is 0 Å². The normalized spacial score (nSPS) is 10.6. The van der Waals surface area contributed by atoms with Gasteiger partial charge in [-0.3, -0.25) is 4.57 Å². The van der Waals surface area contributed by atoms with Gasteiger partial charge in [0.25, 0.3) is 0 Å². The van der Waals surface area contributed by atoms with E-state index in [1.165, 1.54) is 11.8 Å². The molecule has 0 atom stereocenters. The molecule has 0 saturated heterocycles. The molecule has 21 heavy (non-hydrogen) atoms. The third-order valence-corrected chi connectivity index (χ3v) is 3.59. The molecule has 1 aromatic carbocycles. The van der Waals surface area contributed by atoms with E-state index in [1.54, 1.807) is 30.4 Å². The van der Waals surface area contributed by atoms with Gasteiger partial charge in [0.1, 0.15) is 12.1 Å². The van der Waals surface area contributed by atoms with Gasteiger partial charge in [0, 0.05) is 17.3 Å². The number of nitrogens with zero attached hydrogens (tertiary/aromatic N) is 5. The third kappa shape index (κ3) is 3.32. The van der Waals surface area contributed by atoms with Crippen molar-refractivity contribution in [1.29, 1.82) is 0 Å². The highest BCUT2D eigenvalue weighted by atomic mass is 35.5. The number of hydrogen-bond donors (Lipinski definition) is 0. The first kappa shape index (κ1) is 13.8. The van der Waals surface area contributed by atoms with Crippen molar-refractivity contribution in [3.05, 3.63) is 48.3 Å². The largest absolute Gasteiger partial charge is 0.497 e. The van der Waals surface area contributed by atoms with E-state index >= 15 is 0 Å². The Bertz CT molecular complexity index is 750. The molecule has 6 nitrogen and oxygen atoms in total. The summed E-state index contributed by atoms with van der Waals surface area (Å²) < 4.78 is 6.86. The molecule has 0 radical (unpaired) electrons. The SMILES string of the molecule is COc1cccc(Sc2nc(Cl)nc(-n3ccnc3)n2)c1. The van der Waals surface area contributed by atoms with Crippen LogP contribution in [0, 0.1) is 0 Å². The van der Waals surface area contributed by atoms with Crippen LogP contribution in [0.3, 0.4) is 0 Å². The predicted octanol–water partition coefficient (Wildman–Crippen LogP) is 2.87. The van der Waals surface area contributed by atoms with E-state index < -0.39 is 0 Å². The van der Waals surface area contributed by atoms with E-state index in [-0.39, 0.29) is 5.28 Å². The zero-order valence-electron chi connectivity index (χ0n) is 11.0. The zero-order chi connectivity index (χ0) is 14.7. The lowest BCUT2D eigenvalue weighted by Gasteiger charge is -2.05. The Morgan fingerprint density at radius 2 is 2.14 bits per heavy atom. The van der Waals surface area contributed by atoms with E-state index in [0.717, 1.165) is 10.6 Å². The average Bonchev–Trinajstić information content (AvgIpc) is 3.01. The first-order chi connectivity index (χ1) is 10.2. The Hall–Kier alpha value is -2.12. The molecule has 2 heterocycles. The molecule has 0 amide bonds. The number of halogens is 1. The Balaban J connectivity index is 1.91. The summed E-state index contributed by atoms with van der Waals surface area (Å²) in [7, 11) is 1.63. The van der Waals surface area contributed by atoms with Crippen LogP contribution in [-0.4, -0.2) is 31.6 Å². The van der Waals surface area contributed by atoms with Crippen LogP contribution in [0.5, 0.6) is 5.75 Å². The number of methoxy groups -OCH3 is 1. The second-order valence-corrected chi connectivity index (χ2v) is 5.32. The van der Waals surface area contributed by atoms with Gasteiger partial charge in [-0.1, -0.05) is 6.07 Å². The summed E-state index contributed by atoms with van der Waals surface area (Å²) in [6.07, 6.45) is 4.99. The third-order valence-electron chi connectivity index (χ3n) is 2.56. The van der Waals surface area contributed by atoms with Crippen LogP contribution in [0.15, 0.2) is 53.0 Å². The molecule has 8 heteroatoms. The summed E-state index contributed by atoms with van der Waals surface area (Å²) in [5.41, 5.74) is 0. The minimum Gasteiger partial charge on any atom is -0.497 e. The Labute approximate surface area is 130 Å². The van der Waals surface area contributed by atoms with Crippen molar-refractivity contribution in [1.82, 2.24) is 24.5 Å². The van der Waals surface area contributed by atoms with Crippen molar-refractivity contribution < 1.29 is 4.74 Å². The summed E-state index contributed by atoms with van der Waals surface area (Å²) in [6.45, 7) is 0. The van der Waals surface area contributed by atoms with Crippen LogP contribution >= 0.6 is 23.4 Å². The highest BCUT2D eigenvalue weighted by molar-refractivity contribution is 7.99. The molecule has 0 fully saturated rings. The highest BCUT2D eigenvalue weighted by Gasteiger charge is 2.08. The standard InChI is InChI=1S/C13H10ClN5OS/c1-20-9-3-2-4-10(7-9)21-13-17-11(14)16-12(18-13)19-6-5-15-8-19/h2-8H,1H3. The van der Waals surface area contributed by atoms with E-state index in [9.17, 15) is 0 Å². The molecule has 0 N–H and O–H groups in total. The van der Waals surface area contributed by atoms with Crippen LogP contribution in [-0.2, 0) is 0 Å². The molecule has 3 aromatic rings. The summed E-state index contributed by atoms with van der Waals surface area (Å²) in [6, 6.07) is 7.63. The molecule has 2 aromatic heterocycles. The van der Waals surface area contributed by atoms with E-state index in [1.807, 2.05) is 24.3 Å². The quantitative estimate of drug-likeness (QED) is 0.736. The number of rotatable bonds is 4. The smallest absolute Gasteiger partial charge is 0.240 e. The molecule has 0 aliphatic rings. The van der Waals surface area contributed by atoms with Crippen molar-refractivity contribution >= 4 is 23.4 Å². The van der Waals surface area contributed by atoms with Gasteiger partial charge in [0.05, 0.1) is 7.11 Å². The van der Waals surface area contributed by atoms with Gasteiger partial charge < -0.3 is 4.74 Å². The monoisotopic (exact) mass is 319 g/mol. The molecule has 0 aliphatic carbocycles.